The molecule has 4 heteroatoms. The Morgan fingerprint density at radius 1 is 1.21 bits per heavy atom. The minimum atomic E-state index is -0.305. The van der Waals surface area contributed by atoms with Crippen LogP contribution in [0.1, 0.15) is 53.4 Å². The largest absolute Gasteiger partial charge is 0.365 e. The predicted molar refractivity (Wildman–Crippen MR) is 78.2 cm³/mol. The van der Waals surface area contributed by atoms with Crippen LogP contribution in [0.4, 0.5) is 0 Å². The minimum absolute atomic E-state index is 0.124. The third kappa shape index (κ3) is 5.11. The highest BCUT2D eigenvalue weighted by atomic mass is 16.5. The van der Waals surface area contributed by atoms with Gasteiger partial charge in [-0.2, -0.15) is 0 Å². The molecule has 1 rings (SSSR count). The highest BCUT2D eigenvalue weighted by Gasteiger charge is 2.26. The molecule has 0 aromatic heterocycles. The van der Waals surface area contributed by atoms with E-state index in [-0.39, 0.29) is 18.1 Å². The fourth-order valence-corrected chi connectivity index (χ4v) is 2.83. The van der Waals surface area contributed by atoms with Crippen LogP contribution in [0.3, 0.4) is 0 Å². The summed E-state index contributed by atoms with van der Waals surface area (Å²) < 4.78 is 5.95. The topological polar surface area (TPSA) is 41.6 Å². The average molecular weight is 270 g/mol. The zero-order valence-corrected chi connectivity index (χ0v) is 12.9. The van der Waals surface area contributed by atoms with Gasteiger partial charge in [-0.3, -0.25) is 4.79 Å². The van der Waals surface area contributed by atoms with Gasteiger partial charge in [-0.1, -0.05) is 6.92 Å². The maximum absolute atomic E-state index is 12.1. The van der Waals surface area contributed by atoms with Crippen LogP contribution >= 0.6 is 0 Å². The molecule has 1 aliphatic rings. The normalized spacial score (nSPS) is 25.1. The van der Waals surface area contributed by atoms with Crippen LogP contribution < -0.4 is 5.32 Å². The summed E-state index contributed by atoms with van der Waals surface area (Å²) in [5, 5.41) is 3.49. The quantitative estimate of drug-likeness (QED) is 0.771. The van der Waals surface area contributed by atoms with Crippen LogP contribution in [-0.2, 0) is 9.53 Å². The summed E-state index contributed by atoms with van der Waals surface area (Å²) in [6.07, 6.45) is 4.39. The maximum Gasteiger partial charge on any atom is 0.251 e. The molecule has 1 atom stereocenters. The number of likely N-dealkylation sites (N-methyl/N-ethyl adjacent to an activating group) is 1. The van der Waals surface area contributed by atoms with Crippen LogP contribution in [0.5, 0.6) is 0 Å². The van der Waals surface area contributed by atoms with E-state index in [1.165, 1.54) is 0 Å². The number of carbonyl (C=O) groups excluding carboxylic acids is 1. The molecule has 1 aliphatic carbocycles. The summed E-state index contributed by atoms with van der Waals surface area (Å²) in [7, 11) is 0. The Bertz CT molecular complexity index is 259. The second-order valence-electron chi connectivity index (χ2n) is 5.32. The van der Waals surface area contributed by atoms with E-state index in [2.05, 4.69) is 12.2 Å². The Morgan fingerprint density at radius 2 is 1.79 bits per heavy atom. The first-order chi connectivity index (χ1) is 9.12. The Hall–Kier alpha value is -0.610. The second kappa shape index (κ2) is 8.54. The molecule has 0 saturated heterocycles. The molecule has 1 amide bonds. The van der Waals surface area contributed by atoms with Gasteiger partial charge >= 0.3 is 0 Å². The number of hydrogen-bond donors (Lipinski definition) is 1. The summed E-state index contributed by atoms with van der Waals surface area (Å²) in [5.41, 5.74) is 0. The lowest BCUT2D eigenvalue weighted by Gasteiger charge is -2.32. The third-order valence-electron chi connectivity index (χ3n) is 3.99. The lowest BCUT2D eigenvalue weighted by atomic mass is 9.93. The zero-order chi connectivity index (χ0) is 14.3. The van der Waals surface area contributed by atoms with Gasteiger partial charge in [0.1, 0.15) is 6.10 Å². The van der Waals surface area contributed by atoms with Gasteiger partial charge in [0.2, 0.25) is 0 Å². The molecule has 112 valence electrons. The van der Waals surface area contributed by atoms with Gasteiger partial charge in [0, 0.05) is 19.1 Å². The lowest BCUT2D eigenvalue weighted by molar-refractivity contribution is -0.147. The second-order valence-corrected chi connectivity index (χ2v) is 5.32. The van der Waals surface area contributed by atoms with Crippen molar-refractivity contribution in [2.75, 3.05) is 19.6 Å². The molecule has 0 spiro atoms. The predicted octanol–water partition coefficient (Wildman–Crippen LogP) is 2.18. The van der Waals surface area contributed by atoms with Crippen LogP contribution in [-0.4, -0.2) is 48.7 Å². The molecular weight excluding hydrogens is 240 g/mol. The molecule has 0 aromatic carbocycles. The smallest absolute Gasteiger partial charge is 0.251 e. The first-order valence-corrected chi connectivity index (χ1v) is 7.79. The molecule has 1 N–H and O–H groups in total. The van der Waals surface area contributed by atoms with Gasteiger partial charge in [0.15, 0.2) is 0 Å². The molecule has 1 unspecified atom stereocenters. The van der Waals surface area contributed by atoms with Crippen molar-refractivity contribution in [3.8, 4) is 0 Å². The number of rotatable bonds is 7. The molecule has 4 nitrogen and oxygen atoms in total. The van der Waals surface area contributed by atoms with Crippen molar-refractivity contribution in [3.05, 3.63) is 0 Å². The van der Waals surface area contributed by atoms with Gasteiger partial charge in [-0.15, -0.1) is 0 Å². The van der Waals surface area contributed by atoms with Gasteiger partial charge in [-0.05, 0) is 53.0 Å². The average Bonchev–Trinajstić information content (AvgIpc) is 2.42. The van der Waals surface area contributed by atoms with Crippen molar-refractivity contribution < 1.29 is 9.53 Å². The van der Waals surface area contributed by atoms with Crippen LogP contribution in [0, 0.1) is 0 Å². The number of carbonyl (C=O) groups is 1. The van der Waals surface area contributed by atoms with Crippen LogP contribution in [0.15, 0.2) is 0 Å². The standard InChI is InChI=1S/C15H30N2O2/c1-5-16-13-8-10-14(11-9-13)19-12(4)15(18)17(6-2)7-3/h12-14,16H,5-11H2,1-4H3. The first-order valence-electron chi connectivity index (χ1n) is 7.79. The van der Waals surface area contributed by atoms with E-state index in [0.717, 1.165) is 45.3 Å². The minimum Gasteiger partial charge on any atom is -0.365 e. The molecule has 0 radical (unpaired) electrons. The van der Waals surface area contributed by atoms with E-state index >= 15 is 0 Å². The van der Waals surface area contributed by atoms with Crippen LogP contribution in [0.25, 0.3) is 0 Å². The number of amides is 1. The SMILES string of the molecule is CCNC1CCC(OC(C)C(=O)N(CC)CC)CC1. The fraction of sp³-hybridized carbons (Fsp3) is 0.933. The number of nitrogens with one attached hydrogen (secondary N) is 1. The van der Waals surface area contributed by atoms with Crippen LogP contribution in [0.2, 0.25) is 0 Å². The third-order valence-corrected chi connectivity index (χ3v) is 3.99. The molecule has 0 heterocycles. The van der Waals surface area contributed by atoms with Crippen molar-refractivity contribution in [1.29, 1.82) is 0 Å². The molecule has 0 bridgehead atoms. The molecule has 19 heavy (non-hydrogen) atoms. The van der Waals surface area contributed by atoms with Crippen molar-refractivity contribution in [2.24, 2.45) is 0 Å². The maximum atomic E-state index is 12.1. The number of ether oxygens (including phenoxy) is 1. The van der Waals surface area contributed by atoms with Gasteiger partial charge < -0.3 is 15.0 Å². The summed E-state index contributed by atoms with van der Waals surface area (Å²) in [4.78, 5) is 14.0. The lowest BCUT2D eigenvalue weighted by Crippen LogP contribution is -2.42. The van der Waals surface area contributed by atoms with E-state index in [0.29, 0.717) is 6.04 Å². The molecule has 1 fully saturated rings. The van der Waals surface area contributed by atoms with Crippen molar-refractivity contribution in [3.63, 3.8) is 0 Å². The molecule has 0 aliphatic heterocycles. The number of hydrogen-bond acceptors (Lipinski definition) is 3. The summed E-state index contributed by atoms with van der Waals surface area (Å²) >= 11 is 0. The van der Waals surface area contributed by atoms with Gasteiger partial charge in [-0.25, -0.2) is 0 Å². The van der Waals surface area contributed by atoms with E-state index in [1.54, 1.807) is 0 Å². The van der Waals surface area contributed by atoms with Crippen molar-refractivity contribution >= 4 is 5.91 Å². The highest BCUT2D eigenvalue weighted by molar-refractivity contribution is 5.80. The Kier molecular flexibility index (Phi) is 7.39. The monoisotopic (exact) mass is 270 g/mol. The summed E-state index contributed by atoms with van der Waals surface area (Å²) in [5.74, 6) is 0.124. The summed E-state index contributed by atoms with van der Waals surface area (Å²) in [6.45, 7) is 10.6. The molecule has 1 saturated carbocycles. The molecule has 0 aromatic rings. The Morgan fingerprint density at radius 3 is 2.26 bits per heavy atom. The first kappa shape index (κ1) is 16.4. The van der Waals surface area contributed by atoms with Gasteiger partial charge in [0.25, 0.3) is 5.91 Å². The van der Waals surface area contributed by atoms with E-state index < -0.39 is 0 Å². The fourth-order valence-electron chi connectivity index (χ4n) is 2.83. The van der Waals surface area contributed by atoms with E-state index in [9.17, 15) is 4.79 Å². The van der Waals surface area contributed by atoms with Gasteiger partial charge in [0.05, 0.1) is 6.10 Å². The van der Waals surface area contributed by atoms with Crippen molar-refractivity contribution in [1.82, 2.24) is 10.2 Å². The summed E-state index contributed by atoms with van der Waals surface area (Å²) in [6, 6.07) is 0.638. The number of nitrogens with zero attached hydrogens (tertiary/aromatic N) is 1. The van der Waals surface area contributed by atoms with E-state index in [1.807, 2.05) is 25.7 Å². The van der Waals surface area contributed by atoms with Crippen molar-refractivity contribution in [2.45, 2.75) is 71.6 Å². The zero-order valence-electron chi connectivity index (χ0n) is 12.9. The Labute approximate surface area is 117 Å². The highest BCUT2D eigenvalue weighted by Crippen LogP contribution is 2.22. The Balaban J connectivity index is 2.33. The molecular formula is C15H30N2O2. The van der Waals surface area contributed by atoms with E-state index in [4.69, 9.17) is 4.74 Å².